The highest BCUT2D eigenvalue weighted by atomic mass is 35.5. The van der Waals surface area contributed by atoms with Crippen LogP contribution < -0.4 is 4.72 Å². The first-order chi connectivity index (χ1) is 9.54. The summed E-state index contributed by atoms with van der Waals surface area (Å²) in [5.74, 6) is 0. The van der Waals surface area contributed by atoms with Crippen LogP contribution in [0.3, 0.4) is 0 Å². The summed E-state index contributed by atoms with van der Waals surface area (Å²) in [7, 11) is -3.62. The van der Waals surface area contributed by atoms with Crippen LogP contribution in [0.4, 0.5) is 5.69 Å². The zero-order chi connectivity index (χ0) is 14.2. The summed E-state index contributed by atoms with van der Waals surface area (Å²) >= 11 is 5.66. The summed E-state index contributed by atoms with van der Waals surface area (Å²) in [6.07, 6.45) is 4.46. The van der Waals surface area contributed by atoms with Gasteiger partial charge in [-0.05, 0) is 54.7 Å². The molecule has 4 nitrogen and oxygen atoms in total. The molecule has 0 saturated heterocycles. The predicted molar refractivity (Wildman–Crippen MR) is 78.5 cm³/mol. The number of aryl methyl sites for hydroxylation is 2. The Morgan fingerprint density at radius 3 is 2.65 bits per heavy atom. The number of anilines is 1. The Kier molecular flexibility index (Phi) is 3.40. The molecule has 0 bridgehead atoms. The molecule has 0 spiro atoms. The van der Waals surface area contributed by atoms with Crippen molar-refractivity contribution in [3.8, 4) is 0 Å². The molecule has 0 aliphatic heterocycles. The fourth-order valence-corrected chi connectivity index (χ4v) is 3.48. The van der Waals surface area contributed by atoms with Gasteiger partial charge in [-0.25, -0.2) is 13.4 Å². The van der Waals surface area contributed by atoms with Crippen LogP contribution in [0.25, 0.3) is 0 Å². The number of nitrogens with one attached hydrogen (secondary N) is 1. The van der Waals surface area contributed by atoms with E-state index in [1.807, 2.05) is 12.1 Å². The number of fused-ring (bicyclic) bond motifs is 1. The minimum atomic E-state index is -3.62. The van der Waals surface area contributed by atoms with Crippen LogP contribution in [-0.2, 0) is 22.9 Å². The van der Waals surface area contributed by atoms with Gasteiger partial charge in [0.25, 0.3) is 10.0 Å². The molecule has 3 rings (SSSR count). The predicted octanol–water partition coefficient (Wildman–Crippen LogP) is 3.02. The lowest BCUT2D eigenvalue weighted by Crippen LogP contribution is -2.13. The van der Waals surface area contributed by atoms with Crippen molar-refractivity contribution in [2.45, 2.75) is 24.2 Å². The van der Waals surface area contributed by atoms with E-state index in [-0.39, 0.29) is 10.0 Å². The number of halogens is 1. The molecule has 1 aliphatic carbocycles. The Labute approximate surface area is 122 Å². The van der Waals surface area contributed by atoms with E-state index in [2.05, 4.69) is 9.71 Å². The number of hydrogen-bond acceptors (Lipinski definition) is 3. The number of hydrogen-bond donors (Lipinski definition) is 1. The Morgan fingerprint density at radius 2 is 1.90 bits per heavy atom. The molecule has 0 radical (unpaired) electrons. The molecule has 1 heterocycles. The van der Waals surface area contributed by atoms with E-state index in [1.165, 1.54) is 29.5 Å². The largest absolute Gasteiger partial charge is 0.280 e. The smallest absolute Gasteiger partial charge is 0.263 e. The molecular formula is C14H13ClN2O2S. The Morgan fingerprint density at radius 1 is 1.10 bits per heavy atom. The van der Waals surface area contributed by atoms with Gasteiger partial charge in [0.2, 0.25) is 0 Å². The van der Waals surface area contributed by atoms with Gasteiger partial charge < -0.3 is 0 Å². The number of sulfonamides is 1. The van der Waals surface area contributed by atoms with Crippen molar-refractivity contribution >= 4 is 27.3 Å². The average Bonchev–Trinajstić information content (AvgIpc) is 2.86. The number of benzene rings is 1. The SMILES string of the molecule is O=S(=O)(Nc1ccc2c(c1)CCC2)c1ccc(Cl)nc1. The van der Waals surface area contributed by atoms with Gasteiger partial charge in [-0.3, -0.25) is 4.72 Å². The summed E-state index contributed by atoms with van der Waals surface area (Å²) in [5, 5.41) is 0.265. The third kappa shape index (κ3) is 2.64. The standard InChI is InChI=1S/C14H13ClN2O2S/c15-14-7-6-13(9-16-14)20(18,19)17-12-5-4-10-2-1-3-11(10)8-12/h4-9,17H,1-3H2. The summed E-state index contributed by atoms with van der Waals surface area (Å²) in [5.41, 5.74) is 3.11. The zero-order valence-corrected chi connectivity index (χ0v) is 12.2. The highest BCUT2D eigenvalue weighted by Crippen LogP contribution is 2.26. The molecule has 1 aromatic heterocycles. The second kappa shape index (κ2) is 5.07. The second-order valence-electron chi connectivity index (χ2n) is 4.76. The molecule has 2 aromatic rings. The molecule has 104 valence electrons. The van der Waals surface area contributed by atoms with Crippen molar-refractivity contribution < 1.29 is 8.42 Å². The van der Waals surface area contributed by atoms with E-state index in [4.69, 9.17) is 11.6 Å². The molecule has 0 saturated carbocycles. The summed E-state index contributed by atoms with van der Waals surface area (Å²) in [4.78, 5) is 3.89. The van der Waals surface area contributed by atoms with Gasteiger partial charge in [-0.15, -0.1) is 0 Å². The van der Waals surface area contributed by atoms with Crippen LogP contribution in [0.1, 0.15) is 17.5 Å². The first-order valence-corrected chi connectivity index (χ1v) is 8.17. The summed E-state index contributed by atoms with van der Waals surface area (Å²) in [6, 6.07) is 8.58. The summed E-state index contributed by atoms with van der Waals surface area (Å²) in [6.45, 7) is 0. The average molecular weight is 309 g/mol. The monoisotopic (exact) mass is 308 g/mol. The van der Waals surface area contributed by atoms with Crippen molar-refractivity contribution in [2.24, 2.45) is 0 Å². The maximum Gasteiger partial charge on any atom is 0.263 e. The van der Waals surface area contributed by atoms with Crippen molar-refractivity contribution in [3.05, 3.63) is 52.8 Å². The second-order valence-corrected chi connectivity index (χ2v) is 6.83. The number of nitrogens with zero attached hydrogens (tertiary/aromatic N) is 1. The first kappa shape index (κ1) is 13.4. The van der Waals surface area contributed by atoms with E-state index in [1.54, 1.807) is 6.07 Å². The summed E-state index contributed by atoms with van der Waals surface area (Å²) < 4.78 is 27.0. The third-order valence-corrected chi connectivity index (χ3v) is 4.95. The van der Waals surface area contributed by atoms with Gasteiger partial charge in [-0.2, -0.15) is 0 Å². The maximum absolute atomic E-state index is 12.2. The highest BCUT2D eigenvalue weighted by molar-refractivity contribution is 7.92. The van der Waals surface area contributed by atoms with Crippen LogP contribution in [0, 0.1) is 0 Å². The lowest BCUT2D eigenvalue weighted by Gasteiger charge is -2.09. The Hall–Kier alpha value is -1.59. The van der Waals surface area contributed by atoms with E-state index in [9.17, 15) is 8.42 Å². The van der Waals surface area contributed by atoms with E-state index in [0.29, 0.717) is 5.69 Å². The zero-order valence-electron chi connectivity index (χ0n) is 10.6. The molecule has 0 atom stereocenters. The van der Waals surface area contributed by atoms with Gasteiger partial charge in [0, 0.05) is 11.9 Å². The minimum absolute atomic E-state index is 0.0994. The van der Waals surface area contributed by atoms with Gasteiger partial charge in [-0.1, -0.05) is 17.7 Å². The Balaban J connectivity index is 1.88. The molecule has 1 aromatic carbocycles. The normalized spacial score (nSPS) is 14.1. The van der Waals surface area contributed by atoms with Gasteiger partial charge in [0.1, 0.15) is 10.0 Å². The van der Waals surface area contributed by atoms with Crippen LogP contribution in [0.5, 0.6) is 0 Å². The maximum atomic E-state index is 12.2. The fraction of sp³-hybridized carbons (Fsp3) is 0.214. The van der Waals surface area contributed by atoms with Gasteiger partial charge in [0.15, 0.2) is 0 Å². The van der Waals surface area contributed by atoms with Crippen LogP contribution in [0.15, 0.2) is 41.4 Å². The topological polar surface area (TPSA) is 59.1 Å². The molecule has 6 heteroatoms. The first-order valence-electron chi connectivity index (χ1n) is 6.31. The van der Waals surface area contributed by atoms with E-state index in [0.717, 1.165) is 19.3 Å². The molecule has 1 N–H and O–H groups in total. The van der Waals surface area contributed by atoms with Crippen LogP contribution in [0.2, 0.25) is 5.15 Å². The van der Waals surface area contributed by atoms with Gasteiger partial charge >= 0.3 is 0 Å². The minimum Gasteiger partial charge on any atom is -0.280 e. The lowest BCUT2D eigenvalue weighted by atomic mass is 10.1. The molecule has 0 amide bonds. The fourth-order valence-electron chi connectivity index (χ4n) is 2.37. The van der Waals surface area contributed by atoms with E-state index >= 15 is 0 Å². The van der Waals surface area contributed by atoms with Crippen LogP contribution >= 0.6 is 11.6 Å². The molecule has 0 fully saturated rings. The van der Waals surface area contributed by atoms with Gasteiger partial charge in [0.05, 0.1) is 0 Å². The van der Waals surface area contributed by atoms with Crippen LogP contribution in [-0.4, -0.2) is 13.4 Å². The molecule has 0 unspecified atom stereocenters. The van der Waals surface area contributed by atoms with Crippen molar-refractivity contribution in [1.29, 1.82) is 0 Å². The number of aromatic nitrogens is 1. The Bertz CT molecular complexity index is 742. The highest BCUT2D eigenvalue weighted by Gasteiger charge is 2.16. The lowest BCUT2D eigenvalue weighted by molar-refractivity contribution is 0.601. The van der Waals surface area contributed by atoms with Crippen molar-refractivity contribution in [2.75, 3.05) is 4.72 Å². The number of rotatable bonds is 3. The quantitative estimate of drug-likeness (QED) is 0.887. The number of pyridine rings is 1. The van der Waals surface area contributed by atoms with Crippen molar-refractivity contribution in [3.63, 3.8) is 0 Å². The molecule has 20 heavy (non-hydrogen) atoms. The van der Waals surface area contributed by atoms with E-state index < -0.39 is 10.0 Å². The molecular weight excluding hydrogens is 296 g/mol. The molecule has 1 aliphatic rings. The third-order valence-electron chi connectivity index (χ3n) is 3.36. The van der Waals surface area contributed by atoms with Crippen molar-refractivity contribution in [1.82, 2.24) is 4.98 Å².